The van der Waals surface area contributed by atoms with Crippen LogP contribution in [0.1, 0.15) is 18.5 Å². The molecule has 0 bridgehead atoms. The molecule has 0 radical (unpaired) electrons. The average Bonchev–Trinajstić information content (AvgIpc) is 3.09. The Hall–Kier alpha value is -1.77. The van der Waals surface area contributed by atoms with Crippen molar-refractivity contribution in [3.63, 3.8) is 0 Å². The zero-order valence-electron chi connectivity index (χ0n) is 14.0. The third kappa shape index (κ3) is 4.65. The van der Waals surface area contributed by atoms with Gasteiger partial charge in [-0.2, -0.15) is 0 Å². The zero-order chi connectivity index (χ0) is 17.9. The minimum absolute atomic E-state index is 0.0255. The van der Waals surface area contributed by atoms with E-state index in [9.17, 15) is 13.2 Å². The molecule has 1 aliphatic heterocycles. The highest BCUT2D eigenvalue weighted by Gasteiger charge is 2.28. The molecule has 1 aromatic heterocycles. The van der Waals surface area contributed by atoms with E-state index >= 15 is 0 Å². The predicted molar refractivity (Wildman–Crippen MR) is 98.5 cm³/mol. The van der Waals surface area contributed by atoms with Gasteiger partial charge >= 0.3 is 0 Å². The number of thiazole rings is 1. The number of hydrogen-bond acceptors (Lipinski definition) is 5. The van der Waals surface area contributed by atoms with Crippen molar-refractivity contribution in [3.8, 4) is 10.6 Å². The van der Waals surface area contributed by atoms with Crippen LogP contribution in [0, 0.1) is 5.92 Å². The second-order valence-corrected chi connectivity index (χ2v) is 9.00. The van der Waals surface area contributed by atoms with Crippen LogP contribution in [0.4, 0.5) is 0 Å². The molecule has 1 aromatic carbocycles. The second-order valence-electron chi connectivity index (χ2n) is 6.16. The molecule has 8 heteroatoms. The maximum absolute atomic E-state index is 12.3. The smallest absolute Gasteiger partial charge is 0.223 e. The first-order valence-corrected chi connectivity index (χ1v) is 10.9. The number of nitrogens with one attached hydrogen (secondary N) is 1. The van der Waals surface area contributed by atoms with Crippen molar-refractivity contribution in [2.45, 2.75) is 19.4 Å². The van der Waals surface area contributed by atoms with Crippen molar-refractivity contribution in [2.24, 2.45) is 5.92 Å². The van der Waals surface area contributed by atoms with Crippen molar-refractivity contribution < 1.29 is 13.2 Å². The lowest BCUT2D eigenvalue weighted by atomic mass is 9.97. The van der Waals surface area contributed by atoms with Crippen LogP contribution in [0.3, 0.4) is 0 Å². The number of sulfonamides is 1. The molecule has 1 aliphatic rings. The van der Waals surface area contributed by atoms with Gasteiger partial charge in [0.05, 0.1) is 18.5 Å². The highest BCUT2D eigenvalue weighted by atomic mass is 32.2. The van der Waals surface area contributed by atoms with Gasteiger partial charge in [0.25, 0.3) is 0 Å². The SMILES string of the molecule is CS(=O)(=O)N1CCC(C(=O)NCc2csc(-c3ccccc3)n2)CC1. The standard InChI is InChI=1S/C17H21N3O3S2/c1-25(22,23)20-9-7-13(8-10-20)16(21)18-11-15-12-24-17(19-15)14-5-3-2-4-6-14/h2-6,12-13H,7-11H2,1H3,(H,18,21). The molecule has 2 aromatic rings. The van der Waals surface area contributed by atoms with E-state index in [-0.39, 0.29) is 11.8 Å². The zero-order valence-corrected chi connectivity index (χ0v) is 15.6. The summed E-state index contributed by atoms with van der Waals surface area (Å²) in [6.07, 6.45) is 2.33. The minimum atomic E-state index is -3.16. The number of nitrogens with zero attached hydrogens (tertiary/aromatic N) is 2. The van der Waals surface area contributed by atoms with Gasteiger partial charge in [-0.15, -0.1) is 11.3 Å². The van der Waals surface area contributed by atoms with Crippen LogP contribution in [0.2, 0.25) is 0 Å². The fraction of sp³-hybridized carbons (Fsp3) is 0.412. The number of aromatic nitrogens is 1. The molecule has 1 N–H and O–H groups in total. The van der Waals surface area contributed by atoms with Gasteiger partial charge in [0.1, 0.15) is 5.01 Å². The van der Waals surface area contributed by atoms with Crippen molar-refractivity contribution in [1.29, 1.82) is 0 Å². The molecule has 0 unspecified atom stereocenters. The summed E-state index contributed by atoms with van der Waals surface area (Å²) in [6.45, 7) is 1.21. The van der Waals surface area contributed by atoms with Gasteiger partial charge in [0.15, 0.2) is 0 Å². The van der Waals surface area contributed by atoms with Crippen LogP contribution in [0.15, 0.2) is 35.7 Å². The summed E-state index contributed by atoms with van der Waals surface area (Å²) >= 11 is 1.56. The molecule has 1 fully saturated rings. The van der Waals surface area contributed by atoms with Crippen LogP contribution in [-0.2, 0) is 21.4 Å². The van der Waals surface area contributed by atoms with E-state index in [0.29, 0.717) is 32.5 Å². The van der Waals surface area contributed by atoms with Crippen molar-refractivity contribution in [1.82, 2.24) is 14.6 Å². The molecule has 0 saturated carbocycles. The average molecular weight is 380 g/mol. The maximum Gasteiger partial charge on any atom is 0.223 e. The molecule has 0 atom stereocenters. The molecule has 25 heavy (non-hydrogen) atoms. The number of hydrogen-bond donors (Lipinski definition) is 1. The van der Waals surface area contributed by atoms with Gasteiger partial charge < -0.3 is 5.32 Å². The van der Waals surface area contributed by atoms with Gasteiger partial charge in [-0.05, 0) is 12.8 Å². The van der Waals surface area contributed by atoms with Gasteiger partial charge in [0, 0.05) is 30.0 Å². The first-order chi connectivity index (χ1) is 11.9. The number of carbonyl (C=O) groups is 1. The summed E-state index contributed by atoms with van der Waals surface area (Å²) in [5.41, 5.74) is 1.91. The molecule has 1 amide bonds. The second kappa shape index (κ2) is 7.63. The number of benzene rings is 1. The highest BCUT2D eigenvalue weighted by molar-refractivity contribution is 7.88. The number of carbonyl (C=O) groups excluding carboxylic acids is 1. The number of amides is 1. The van der Waals surface area contributed by atoms with Crippen molar-refractivity contribution in [3.05, 3.63) is 41.4 Å². The van der Waals surface area contributed by atoms with E-state index < -0.39 is 10.0 Å². The number of piperidine rings is 1. The normalized spacial score (nSPS) is 16.7. The quantitative estimate of drug-likeness (QED) is 0.863. The lowest BCUT2D eigenvalue weighted by molar-refractivity contribution is -0.126. The van der Waals surface area contributed by atoms with Crippen LogP contribution in [0.5, 0.6) is 0 Å². The Bertz CT molecular complexity index is 826. The molecular weight excluding hydrogens is 358 g/mol. The maximum atomic E-state index is 12.3. The Balaban J connectivity index is 1.51. The Kier molecular flexibility index (Phi) is 5.51. The van der Waals surface area contributed by atoms with E-state index in [0.717, 1.165) is 16.3 Å². The topological polar surface area (TPSA) is 79.4 Å². The molecule has 0 aliphatic carbocycles. The van der Waals surface area contributed by atoms with Gasteiger partial charge in [-0.1, -0.05) is 30.3 Å². The van der Waals surface area contributed by atoms with E-state index in [4.69, 9.17) is 0 Å². The van der Waals surface area contributed by atoms with Gasteiger partial charge in [-0.25, -0.2) is 17.7 Å². The summed E-state index contributed by atoms with van der Waals surface area (Å²) < 4.78 is 24.5. The van der Waals surface area contributed by atoms with Crippen LogP contribution in [-0.4, -0.2) is 43.0 Å². The molecule has 6 nitrogen and oxygen atoms in total. The monoisotopic (exact) mass is 379 g/mol. The number of rotatable bonds is 5. The Labute approximate surface area is 151 Å². The van der Waals surface area contributed by atoms with E-state index in [1.54, 1.807) is 11.3 Å². The van der Waals surface area contributed by atoms with E-state index in [2.05, 4.69) is 10.3 Å². The highest BCUT2D eigenvalue weighted by Crippen LogP contribution is 2.23. The molecule has 0 spiro atoms. The van der Waals surface area contributed by atoms with Crippen molar-refractivity contribution in [2.75, 3.05) is 19.3 Å². The molecule has 2 heterocycles. The van der Waals surface area contributed by atoms with E-state index in [1.165, 1.54) is 10.6 Å². The first-order valence-electron chi connectivity index (χ1n) is 8.16. The minimum Gasteiger partial charge on any atom is -0.350 e. The summed E-state index contributed by atoms with van der Waals surface area (Å²) in [6, 6.07) is 9.93. The molecule has 3 rings (SSSR count). The molecule has 134 valence electrons. The summed E-state index contributed by atoms with van der Waals surface area (Å²) in [5, 5.41) is 5.81. The molecule has 1 saturated heterocycles. The van der Waals surface area contributed by atoms with Crippen LogP contribution < -0.4 is 5.32 Å². The van der Waals surface area contributed by atoms with Crippen molar-refractivity contribution >= 4 is 27.3 Å². The van der Waals surface area contributed by atoms with E-state index in [1.807, 2.05) is 35.7 Å². The summed E-state index contributed by atoms with van der Waals surface area (Å²) in [4.78, 5) is 16.9. The van der Waals surface area contributed by atoms with Crippen LogP contribution >= 0.6 is 11.3 Å². The third-order valence-corrected chi connectivity index (χ3v) is 6.55. The van der Waals surface area contributed by atoms with Crippen LogP contribution in [0.25, 0.3) is 10.6 Å². The Morgan fingerprint density at radius 2 is 1.96 bits per heavy atom. The largest absolute Gasteiger partial charge is 0.350 e. The predicted octanol–water partition coefficient (Wildman–Crippen LogP) is 2.10. The Morgan fingerprint density at radius 1 is 1.28 bits per heavy atom. The fourth-order valence-corrected chi connectivity index (χ4v) is 4.57. The third-order valence-electron chi connectivity index (χ3n) is 4.31. The fourth-order valence-electron chi connectivity index (χ4n) is 2.87. The first kappa shape index (κ1) is 18.0. The summed E-state index contributed by atoms with van der Waals surface area (Å²) in [7, 11) is -3.16. The lowest BCUT2D eigenvalue weighted by Crippen LogP contribution is -2.42. The van der Waals surface area contributed by atoms with Gasteiger partial charge in [0.2, 0.25) is 15.9 Å². The Morgan fingerprint density at radius 3 is 2.60 bits per heavy atom. The molecular formula is C17H21N3O3S2. The summed E-state index contributed by atoms with van der Waals surface area (Å²) in [5.74, 6) is -0.160. The van der Waals surface area contributed by atoms with Gasteiger partial charge in [-0.3, -0.25) is 4.79 Å². The lowest BCUT2D eigenvalue weighted by Gasteiger charge is -2.29.